The fourth-order valence-corrected chi connectivity index (χ4v) is 16.9. The molecule has 4 heterocycles. The highest BCUT2D eigenvalue weighted by Crippen LogP contribution is 2.46. The largest absolute Gasteiger partial charge is 0.208 e. The topological polar surface area (TPSA) is 77.3 Å². The molecule has 476 valence electrons. The van der Waals surface area contributed by atoms with Gasteiger partial charge in [0.15, 0.2) is 34.9 Å². The van der Waals surface area contributed by atoms with Crippen LogP contribution in [-0.4, -0.2) is 29.9 Å². The molecule has 0 atom stereocenters. The molecule has 0 bridgehead atoms. The third kappa shape index (κ3) is 11.1. The molecule has 0 spiro atoms. The summed E-state index contributed by atoms with van der Waals surface area (Å²) < 4.78 is 4.67. The lowest BCUT2D eigenvalue weighted by molar-refractivity contribution is 1.08. The van der Waals surface area contributed by atoms with Crippen LogP contribution in [0.25, 0.3) is 197 Å². The SMILES string of the molecule is c1ccc(-c2cccc(-c3ccc(-c4nc(-c5ccccc5-c5ccccc5)nc(-c5cccc6c5sc5cc(-c7cccc8c(-c9ccccc9)cc(-c9ccc(-c%10nc(-c%11ccccc%11-c%11ccccc%11)nc(-c%11cccc%12c%11sc%11ccccc%11%12)n%10)cc9)cc78)ccc56)n4)cc3)c2)cc1. The second kappa shape index (κ2) is 25.7. The van der Waals surface area contributed by atoms with E-state index in [0.717, 1.165) is 120 Å². The predicted molar refractivity (Wildman–Crippen MR) is 427 cm³/mol. The van der Waals surface area contributed by atoms with Crippen LogP contribution in [0.15, 0.2) is 352 Å². The second-order valence-corrected chi connectivity index (χ2v) is 27.7. The number of aromatic nitrogens is 6. The van der Waals surface area contributed by atoms with Crippen LogP contribution in [-0.2, 0) is 0 Å². The molecule has 0 unspecified atom stereocenters. The van der Waals surface area contributed by atoms with Crippen LogP contribution in [0.4, 0.5) is 0 Å². The van der Waals surface area contributed by atoms with E-state index in [1.54, 1.807) is 22.7 Å². The van der Waals surface area contributed by atoms with E-state index >= 15 is 0 Å². The Hall–Kier alpha value is -13.0. The molecule has 0 aliphatic carbocycles. The van der Waals surface area contributed by atoms with Crippen molar-refractivity contribution in [3.8, 4) is 146 Å². The van der Waals surface area contributed by atoms with Gasteiger partial charge in [-0.05, 0) is 131 Å². The molecular formula is C94H58N6S2. The highest BCUT2D eigenvalue weighted by molar-refractivity contribution is 7.26. The van der Waals surface area contributed by atoms with Gasteiger partial charge in [-0.2, -0.15) is 0 Å². The Balaban J connectivity index is 0.711. The van der Waals surface area contributed by atoms with Gasteiger partial charge in [0.05, 0.1) is 0 Å². The van der Waals surface area contributed by atoms with Crippen molar-refractivity contribution in [2.75, 3.05) is 0 Å². The van der Waals surface area contributed by atoms with Crippen LogP contribution in [0.2, 0.25) is 0 Å². The molecule has 0 amide bonds. The van der Waals surface area contributed by atoms with Crippen molar-refractivity contribution >= 4 is 73.8 Å². The summed E-state index contributed by atoms with van der Waals surface area (Å²) in [5.41, 5.74) is 21.3. The molecule has 19 rings (SSSR count). The Labute approximate surface area is 597 Å². The Morgan fingerprint density at radius 3 is 1.03 bits per heavy atom. The summed E-state index contributed by atoms with van der Waals surface area (Å²) in [6, 6.07) is 125. The van der Waals surface area contributed by atoms with E-state index in [0.29, 0.717) is 34.9 Å². The third-order valence-corrected chi connectivity index (χ3v) is 21.9. The molecule has 15 aromatic carbocycles. The van der Waals surface area contributed by atoms with Crippen LogP contribution in [0.1, 0.15) is 0 Å². The van der Waals surface area contributed by atoms with Gasteiger partial charge in [-0.15, -0.1) is 22.7 Å². The van der Waals surface area contributed by atoms with Crippen molar-refractivity contribution in [2.45, 2.75) is 0 Å². The van der Waals surface area contributed by atoms with Crippen LogP contribution in [0.3, 0.4) is 0 Å². The monoisotopic (exact) mass is 1330 g/mol. The molecule has 8 heteroatoms. The van der Waals surface area contributed by atoms with E-state index < -0.39 is 0 Å². The first-order valence-corrected chi connectivity index (χ1v) is 35.8. The lowest BCUT2D eigenvalue weighted by Crippen LogP contribution is -2.01. The highest BCUT2D eigenvalue weighted by atomic mass is 32.1. The average molecular weight is 1340 g/mol. The molecule has 0 aliphatic heterocycles. The maximum absolute atomic E-state index is 5.43. The van der Waals surface area contributed by atoms with Gasteiger partial charge in [-0.1, -0.05) is 309 Å². The standard InChI is InChI=1S/C94H58N6S2/c1-5-23-59(24-6-1)67-31-19-32-68(55-67)60-45-49-65(50-46-60)89-95-92(80-37-16-14-34-72(80)63-27-9-3-10-28-63)100-94(98-89)82-43-22-41-78-76-54-53-69(58-86(76)102-88(78)82)73-38-20-39-74-83(64-29-11-4-12-30-64)56-70(57-84(73)74)61-47-51-66(52-48-61)90-96-91(79-36-15-13-33-71(79)62-25-7-2-8-26-62)99-93(97-90)81-42-21-40-77-75-35-17-18-44-85(75)101-87(77)81/h1-58H. The van der Waals surface area contributed by atoms with Gasteiger partial charge in [0, 0.05) is 73.7 Å². The van der Waals surface area contributed by atoms with Gasteiger partial charge in [-0.3, -0.25) is 0 Å². The van der Waals surface area contributed by atoms with Gasteiger partial charge in [-0.25, -0.2) is 29.9 Å². The maximum Gasteiger partial charge on any atom is 0.165 e. The number of fused-ring (bicyclic) bond motifs is 7. The van der Waals surface area contributed by atoms with Gasteiger partial charge < -0.3 is 0 Å². The third-order valence-electron chi connectivity index (χ3n) is 19.5. The van der Waals surface area contributed by atoms with Gasteiger partial charge in [0.1, 0.15) is 0 Å². The van der Waals surface area contributed by atoms with Gasteiger partial charge >= 0.3 is 0 Å². The van der Waals surface area contributed by atoms with Crippen LogP contribution >= 0.6 is 22.7 Å². The second-order valence-electron chi connectivity index (χ2n) is 25.6. The van der Waals surface area contributed by atoms with E-state index in [2.05, 4.69) is 340 Å². The van der Waals surface area contributed by atoms with Crippen molar-refractivity contribution in [1.82, 2.24) is 29.9 Å². The smallest absolute Gasteiger partial charge is 0.165 e. The minimum absolute atomic E-state index is 0.604. The predicted octanol–water partition coefficient (Wildman–Crippen LogP) is 25.6. The fraction of sp³-hybridized carbons (Fsp3) is 0. The Morgan fingerprint density at radius 1 is 0.147 bits per heavy atom. The molecule has 0 radical (unpaired) electrons. The Bertz CT molecular complexity index is 6410. The number of hydrogen-bond acceptors (Lipinski definition) is 8. The first-order valence-electron chi connectivity index (χ1n) is 34.2. The zero-order chi connectivity index (χ0) is 67.5. The number of thiophene rings is 2. The van der Waals surface area contributed by atoms with Crippen LogP contribution < -0.4 is 0 Å². The number of benzene rings is 15. The quantitative estimate of drug-likeness (QED) is 0.114. The Morgan fingerprint density at radius 2 is 0.490 bits per heavy atom. The van der Waals surface area contributed by atoms with Crippen molar-refractivity contribution in [2.24, 2.45) is 0 Å². The molecule has 0 N–H and O–H groups in total. The van der Waals surface area contributed by atoms with Gasteiger partial charge in [0.25, 0.3) is 0 Å². The highest BCUT2D eigenvalue weighted by Gasteiger charge is 2.23. The fourth-order valence-electron chi connectivity index (χ4n) is 14.4. The Kier molecular flexibility index (Phi) is 15.2. The molecular weight excluding hydrogens is 1280 g/mol. The summed E-state index contributed by atoms with van der Waals surface area (Å²) in [4.78, 5) is 32.2. The molecule has 0 saturated carbocycles. The van der Waals surface area contributed by atoms with Crippen molar-refractivity contribution in [1.29, 1.82) is 0 Å². The normalized spacial score (nSPS) is 11.5. The molecule has 102 heavy (non-hydrogen) atoms. The molecule has 0 saturated heterocycles. The van der Waals surface area contributed by atoms with Gasteiger partial charge in [0.2, 0.25) is 0 Å². The lowest BCUT2D eigenvalue weighted by Gasteiger charge is -2.15. The summed E-state index contributed by atoms with van der Waals surface area (Å²) in [6.07, 6.45) is 0. The summed E-state index contributed by atoms with van der Waals surface area (Å²) in [6.45, 7) is 0. The average Bonchev–Trinajstić information content (AvgIpc) is 1.50. The number of nitrogens with zero attached hydrogens (tertiary/aromatic N) is 6. The zero-order valence-corrected chi connectivity index (χ0v) is 56.6. The van der Waals surface area contributed by atoms with Crippen LogP contribution in [0.5, 0.6) is 0 Å². The van der Waals surface area contributed by atoms with Crippen molar-refractivity contribution in [3.05, 3.63) is 352 Å². The zero-order valence-electron chi connectivity index (χ0n) is 55.0. The summed E-state index contributed by atoms with van der Waals surface area (Å²) >= 11 is 3.56. The summed E-state index contributed by atoms with van der Waals surface area (Å²) in [5.74, 6) is 3.69. The van der Waals surface area contributed by atoms with E-state index in [9.17, 15) is 0 Å². The number of hydrogen-bond donors (Lipinski definition) is 0. The van der Waals surface area contributed by atoms with E-state index in [1.165, 1.54) is 42.1 Å². The van der Waals surface area contributed by atoms with Crippen molar-refractivity contribution in [3.63, 3.8) is 0 Å². The van der Waals surface area contributed by atoms with Crippen molar-refractivity contribution < 1.29 is 0 Å². The minimum Gasteiger partial charge on any atom is -0.208 e. The minimum atomic E-state index is 0.604. The summed E-state index contributed by atoms with van der Waals surface area (Å²) in [7, 11) is 0. The number of rotatable bonds is 13. The molecule has 6 nitrogen and oxygen atoms in total. The molecule has 0 aliphatic rings. The van der Waals surface area contributed by atoms with E-state index in [-0.39, 0.29) is 0 Å². The van der Waals surface area contributed by atoms with E-state index in [1.807, 2.05) is 12.1 Å². The summed E-state index contributed by atoms with van der Waals surface area (Å²) in [5, 5.41) is 7.09. The van der Waals surface area contributed by atoms with Crippen LogP contribution in [0, 0.1) is 0 Å². The lowest BCUT2D eigenvalue weighted by atomic mass is 9.89. The van der Waals surface area contributed by atoms with E-state index in [4.69, 9.17) is 29.9 Å². The molecule has 19 aromatic rings. The first kappa shape index (κ1) is 60.2. The molecule has 4 aromatic heterocycles. The molecule has 0 fully saturated rings. The maximum atomic E-state index is 5.43. The first-order chi connectivity index (χ1) is 50.5.